The predicted octanol–water partition coefficient (Wildman–Crippen LogP) is 5.59. The average molecular weight is 350 g/mol. The number of urea groups is 1. The van der Waals surface area contributed by atoms with Gasteiger partial charge in [0, 0.05) is 10.6 Å². The van der Waals surface area contributed by atoms with E-state index < -0.39 is 0 Å². The van der Waals surface area contributed by atoms with Gasteiger partial charge in [-0.25, -0.2) is 4.79 Å². The van der Waals surface area contributed by atoms with E-state index in [1.54, 1.807) is 24.3 Å². The van der Waals surface area contributed by atoms with Gasteiger partial charge in [0.05, 0.1) is 20.4 Å². The van der Waals surface area contributed by atoms with E-state index >= 15 is 0 Å². The molecule has 2 rings (SSSR count). The van der Waals surface area contributed by atoms with Crippen molar-refractivity contribution in [3.63, 3.8) is 0 Å². The molecular formula is C13H11Cl3N2OS. The zero-order valence-corrected chi connectivity index (χ0v) is 13.5. The Balaban J connectivity index is 1.96. The van der Waals surface area contributed by atoms with Gasteiger partial charge in [-0.2, -0.15) is 0 Å². The van der Waals surface area contributed by atoms with Gasteiger partial charge in [-0.15, -0.1) is 11.3 Å². The van der Waals surface area contributed by atoms with E-state index in [0.717, 1.165) is 4.88 Å². The van der Waals surface area contributed by atoms with E-state index in [9.17, 15) is 4.79 Å². The molecule has 1 aromatic heterocycles. The summed E-state index contributed by atoms with van der Waals surface area (Å²) in [5, 5.41) is 6.35. The maximum absolute atomic E-state index is 11.9. The van der Waals surface area contributed by atoms with Crippen LogP contribution in [-0.4, -0.2) is 6.03 Å². The molecule has 0 bridgehead atoms. The number of thiophene rings is 1. The van der Waals surface area contributed by atoms with Gasteiger partial charge < -0.3 is 10.6 Å². The lowest BCUT2D eigenvalue weighted by Crippen LogP contribution is -2.30. The molecule has 0 radical (unpaired) electrons. The van der Waals surface area contributed by atoms with Gasteiger partial charge in [-0.1, -0.05) is 34.8 Å². The van der Waals surface area contributed by atoms with Gasteiger partial charge in [0.25, 0.3) is 0 Å². The van der Waals surface area contributed by atoms with E-state index in [2.05, 4.69) is 10.6 Å². The van der Waals surface area contributed by atoms with Gasteiger partial charge >= 0.3 is 6.03 Å². The summed E-state index contributed by atoms with van der Waals surface area (Å²) in [7, 11) is 0. The number of anilines is 1. The van der Waals surface area contributed by atoms with Gasteiger partial charge in [0.2, 0.25) is 0 Å². The van der Waals surface area contributed by atoms with Crippen LogP contribution in [0, 0.1) is 0 Å². The van der Waals surface area contributed by atoms with Gasteiger partial charge in [-0.3, -0.25) is 0 Å². The molecule has 2 N–H and O–H groups in total. The first kappa shape index (κ1) is 15.4. The largest absolute Gasteiger partial charge is 0.331 e. The number of rotatable bonds is 3. The minimum atomic E-state index is -0.319. The summed E-state index contributed by atoms with van der Waals surface area (Å²) in [6, 6.07) is 8.14. The fourth-order valence-electron chi connectivity index (χ4n) is 1.57. The van der Waals surface area contributed by atoms with Gasteiger partial charge in [-0.05, 0) is 37.3 Å². The van der Waals surface area contributed by atoms with Crippen molar-refractivity contribution in [3.8, 4) is 0 Å². The lowest BCUT2D eigenvalue weighted by Gasteiger charge is -2.13. The Kier molecular flexibility index (Phi) is 5.16. The van der Waals surface area contributed by atoms with Crippen LogP contribution < -0.4 is 10.6 Å². The van der Waals surface area contributed by atoms with E-state index in [4.69, 9.17) is 34.8 Å². The van der Waals surface area contributed by atoms with Crippen molar-refractivity contribution in [3.05, 3.63) is 49.6 Å². The highest BCUT2D eigenvalue weighted by atomic mass is 35.5. The SMILES string of the molecule is CC(NC(=O)Nc1ccc(Cl)c(Cl)c1)c1ccc(Cl)s1. The summed E-state index contributed by atoms with van der Waals surface area (Å²) in [4.78, 5) is 12.9. The van der Waals surface area contributed by atoms with Crippen molar-refractivity contribution in [2.45, 2.75) is 13.0 Å². The fraction of sp³-hybridized carbons (Fsp3) is 0.154. The van der Waals surface area contributed by atoms with Crippen LogP contribution in [0.25, 0.3) is 0 Å². The molecule has 1 atom stereocenters. The summed E-state index contributed by atoms with van der Waals surface area (Å²) < 4.78 is 0.693. The predicted molar refractivity (Wildman–Crippen MR) is 86.4 cm³/mol. The molecule has 1 heterocycles. The summed E-state index contributed by atoms with van der Waals surface area (Å²) in [5.41, 5.74) is 0.577. The standard InChI is InChI=1S/C13H11Cl3N2OS/c1-7(11-4-5-12(16)20-11)17-13(19)18-8-2-3-9(14)10(15)6-8/h2-7H,1H3,(H2,17,18,19). The molecule has 0 aliphatic heterocycles. The summed E-state index contributed by atoms with van der Waals surface area (Å²) in [6.07, 6.45) is 0. The van der Waals surface area contributed by atoms with Crippen molar-refractivity contribution >= 4 is 57.9 Å². The Morgan fingerprint density at radius 3 is 2.50 bits per heavy atom. The highest BCUT2D eigenvalue weighted by Gasteiger charge is 2.12. The summed E-state index contributed by atoms with van der Waals surface area (Å²) in [6.45, 7) is 1.89. The molecule has 0 spiro atoms. The van der Waals surface area contributed by atoms with E-state index in [1.807, 2.05) is 13.0 Å². The second-order valence-corrected chi connectivity index (χ2v) is 6.65. The Bertz CT molecular complexity index is 630. The first-order chi connectivity index (χ1) is 9.45. The highest BCUT2D eigenvalue weighted by molar-refractivity contribution is 7.16. The topological polar surface area (TPSA) is 41.1 Å². The molecule has 7 heteroatoms. The van der Waals surface area contributed by atoms with Crippen LogP contribution >= 0.6 is 46.1 Å². The number of amides is 2. The van der Waals surface area contributed by atoms with Crippen LogP contribution in [0.2, 0.25) is 14.4 Å². The third kappa shape index (κ3) is 4.03. The molecule has 2 aromatic rings. The van der Waals surface area contributed by atoms with E-state index in [-0.39, 0.29) is 12.1 Å². The maximum atomic E-state index is 11.9. The maximum Gasteiger partial charge on any atom is 0.319 e. The Morgan fingerprint density at radius 1 is 1.15 bits per heavy atom. The van der Waals surface area contributed by atoms with Crippen LogP contribution in [0.3, 0.4) is 0 Å². The second-order valence-electron chi connectivity index (χ2n) is 4.09. The number of benzene rings is 1. The Hall–Kier alpha value is -0.940. The molecule has 0 fully saturated rings. The van der Waals surface area contributed by atoms with Crippen molar-refractivity contribution in [1.82, 2.24) is 5.32 Å². The quantitative estimate of drug-likeness (QED) is 0.745. The molecule has 106 valence electrons. The van der Waals surface area contributed by atoms with Crippen molar-refractivity contribution in [2.24, 2.45) is 0 Å². The normalized spacial score (nSPS) is 12.0. The minimum absolute atomic E-state index is 0.129. The average Bonchev–Trinajstić information content (AvgIpc) is 2.80. The Labute approximate surface area is 135 Å². The molecule has 0 saturated carbocycles. The Morgan fingerprint density at radius 2 is 1.90 bits per heavy atom. The molecule has 0 aliphatic carbocycles. The van der Waals surface area contributed by atoms with Crippen molar-refractivity contribution in [2.75, 3.05) is 5.32 Å². The van der Waals surface area contributed by atoms with Gasteiger partial charge in [0.15, 0.2) is 0 Å². The molecular weight excluding hydrogens is 339 g/mol. The number of halogens is 3. The lowest BCUT2D eigenvalue weighted by molar-refractivity contribution is 0.249. The zero-order chi connectivity index (χ0) is 14.7. The number of hydrogen-bond acceptors (Lipinski definition) is 2. The fourth-order valence-corrected chi connectivity index (χ4v) is 2.93. The zero-order valence-electron chi connectivity index (χ0n) is 10.4. The number of nitrogens with one attached hydrogen (secondary N) is 2. The molecule has 1 aromatic carbocycles. The van der Waals surface area contributed by atoms with E-state index in [0.29, 0.717) is 20.1 Å². The molecule has 3 nitrogen and oxygen atoms in total. The van der Waals surface area contributed by atoms with Crippen LogP contribution in [-0.2, 0) is 0 Å². The van der Waals surface area contributed by atoms with E-state index in [1.165, 1.54) is 11.3 Å². The molecule has 20 heavy (non-hydrogen) atoms. The number of hydrogen-bond donors (Lipinski definition) is 2. The molecule has 0 aliphatic rings. The van der Waals surface area contributed by atoms with Crippen LogP contribution in [0.4, 0.5) is 10.5 Å². The third-order valence-electron chi connectivity index (χ3n) is 2.55. The summed E-state index contributed by atoms with van der Waals surface area (Å²) in [5.74, 6) is 0. The van der Waals surface area contributed by atoms with Crippen LogP contribution in [0.5, 0.6) is 0 Å². The molecule has 2 amide bonds. The monoisotopic (exact) mass is 348 g/mol. The number of carbonyl (C=O) groups excluding carboxylic acids is 1. The van der Waals surface area contributed by atoms with Gasteiger partial charge in [0.1, 0.15) is 0 Å². The highest BCUT2D eigenvalue weighted by Crippen LogP contribution is 2.27. The summed E-state index contributed by atoms with van der Waals surface area (Å²) >= 11 is 19.0. The molecule has 0 saturated heterocycles. The lowest BCUT2D eigenvalue weighted by atomic mass is 10.3. The molecule has 1 unspecified atom stereocenters. The van der Waals surface area contributed by atoms with Crippen molar-refractivity contribution in [1.29, 1.82) is 0 Å². The number of carbonyl (C=O) groups is 1. The second kappa shape index (κ2) is 6.68. The first-order valence-electron chi connectivity index (χ1n) is 5.73. The van der Waals surface area contributed by atoms with Crippen molar-refractivity contribution < 1.29 is 4.79 Å². The minimum Gasteiger partial charge on any atom is -0.331 e. The van der Waals surface area contributed by atoms with Crippen LogP contribution in [0.1, 0.15) is 17.8 Å². The smallest absolute Gasteiger partial charge is 0.319 e. The third-order valence-corrected chi connectivity index (χ3v) is 4.70. The first-order valence-corrected chi connectivity index (χ1v) is 7.68. The van der Waals surface area contributed by atoms with Crippen LogP contribution in [0.15, 0.2) is 30.3 Å².